The predicted molar refractivity (Wildman–Crippen MR) is 73.7 cm³/mol. The Kier molecular flexibility index (Phi) is 5.69. The molecular formula is C13H20N4O3. The van der Waals surface area contributed by atoms with Gasteiger partial charge in [0.2, 0.25) is 5.95 Å². The molecule has 20 heavy (non-hydrogen) atoms. The maximum absolute atomic E-state index is 11.7. The third kappa shape index (κ3) is 4.43. The Morgan fingerprint density at radius 2 is 2.30 bits per heavy atom. The molecule has 0 spiro atoms. The van der Waals surface area contributed by atoms with Crippen LogP contribution in [0, 0.1) is 0 Å². The van der Waals surface area contributed by atoms with Crippen LogP contribution in [0.2, 0.25) is 0 Å². The molecule has 1 fully saturated rings. The molecule has 1 amide bonds. The van der Waals surface area contributed by atoms with Gasteiger partial charge in [0, 0.05) is 39.2 Å². The Labute approximate surface area is 118 Å². The van der Waals surface area contributed by atoms with Gasteiger partial charge in [0.1, 0.15) is 0 Å². The molecule has 1 unspecified atom stereocenters. The van der Waals surface area contributed by atoms with Gasteiger partial charge in [0.05, 0.1) is 18.3 Å². The van der Waals surface area contributed by atoms with Crippen LogP contribution in [0.5, 0.6) is 0 Å². The molecule has 0 aromatic carbocycles. The van der Waals surface area contributed by atoms with Crippen molar-refractivity contribution in [1.82, 2.24) is 15.3 Å². The van der Waals surface area contributed by atoms with Gasteiger partial charge in [-0.25, -0.2) is 9.97 Å². The highest BCUT2D eigenvalue weighted by Gasteiger charge is 2.15. The molecule has 7 heteroatoms. The Morgan fingerprint density at radius 1 is 1.50 bits per heavy atom. The number of nitrogens with zero attached hydrogens (tertiary/aromatic N) is 2. The van der Waals surface area contributed by atoms with E-state index in [0.29, 0.717) is 31.2 Å². The van der Waals surface area contributed by atoms with Gasteiger partial charge >= 0.3 is 0 Å². The number of rotatable bonds is 7. The van der Waals surface area contributed by atoms with Crippen molar-refractivity contribution in [2.24, 2.45) is 0 Å². The van der Waals surface area contributed by atoms with Gasteiger partial charge in [-0.3, -0.25) is 4.79 Å². The van der Waals surface area contributed by atoms with Gasteiger partial charge in [-0.15, -0.1) is 0 Å². The van der Waals surface area contributed by atoms with Gasteiger partial charge in [0.15, 0.2) is 0 Å². The Balaban J connectivity index is 1.78. The number of hydrogen-bond acceptors (Lipinski definition) is 6. The highest BCUT2D eigenvalue weighted by atomic mass is 16.5. The second kappa shape index (κ2) is 7.76. The van der Waals surface area contributed by atoms with E-state index in [0.717, 1.165) is 19.4 Å². The monoisotopic (exact) mass is 280 g/mol. The molecule has 1 saturated heterocycles. The molecule has 1 aromatic heterocycles. The molecule has 2 N–H and O–H groups in total. The van der Waals surface area contributed by atoms with Crippen molar-refractivity contribution in [3.63, 3.8) is 0 Å². The molecule has 1 aromatic rings. The Bertz CT molecular complexity index is 418. The Hall–Kier alpha value is -1.73. The summed E-state index contributed by atoms with van der Waals surface area (Å²) in [7, 11) is 1.59. The third-order valence-electron chi connectivity index (χ3n) is 3.02. The van der Waals surface area contributed by atoms with Crippen molar-refractivity contribution in [1.29, 1.82) is 0 Å². The fourth-order valence-corrected chi connectivity index (χ4v) is 1.92. The molecule has 1 aliphatic rings. The smallest absolute Gasteiger partial charge is 0.254 e. The first-order valence-electron chi connectivity index (χ1n) is 6.74. The van der Waals surface area contributed by atoms with Gasteiger partial charge in [-0.05, 0) is 12.8 Å². The molecule has 1 atom stereocenters. The summed E-state index contributed by atoms with van der Waals surface area (Å²) in [6.45, 7) is 2.47. The summed E-state index contributed by atoms with van der Waals surface area (Å²) in [5.41, 5.74) is 0.434. The summed E-state index contributed by atoms with van der Waals surface area (Å²) in [4.78, 5) is 19.9. The van der Waals surface area contributed by atoms with E-state index in [1.807, 2.05) is 0 Å². The molecule has 7 nitrogen and oxygen atoms in total. The fraction of sp³-hybridized carbons (Fsp3) is 0.615. The molecule has 0 bridgehead atoms. The van der Waals surface area contributed by atoms with E-state index >= 15 is 0 Å². The number of amides is 1. The molecule has 2 rings (SSSR count). The molecule has 0 saturated carbocycles. The van der Waals surface area contributed by atoms with Crippen molar-refractivity contribution < 1.29 is 14.3 Å². The van der Waals surface area contributed by atoms with Crippen molar-refractivity contribution in [2.75, 3.05) is 38.7 Å². The number of aromatic nitrogens is 2. The van der Waals surface area contributed by atoms with Crippen LogP contribution >= 0.6 is 0 Å². The first-order chi connectivity index (χ1) is 9.79. The van der Waals surface area contributed by atoms with E-state index < -0.39 is 0 Å². The van der Waals surface area contributed by atoms with Gasteiger partial charge < -0.3 is 20.1 Å². The molecule has 1 aliphatic heterocycles. The quantitative estimate of drug-likeness (QED) is 0.705. The van der Waals surface area contributed by atoms with E-state index in [1.165, 1.54) is 12.4 Å². The molecular weight excluding hydrogens is 260 g/mol. The maximum Gasteiger partial charge on any atom is 0.254 e. The normalized spacial score (nSPS) is 17.9. The lowest BCUT2D eigenvalue weighted by atomic mass is 10.2. The van der Waals surface area contributed by atoms with Crippen LogP contribution < -0.4 is 10.6 Å². The SMILES string of the molecule is COCCNC(=O)c1cnc(NCC2CCCO2)nc1. The minimum Gasteiger partial charge on any atom is -0.383 e. The fourth-order valence-electron chi connectivity index (χ4n) is 1.92. The average molecular weight is 280 g/mol. The highest BCUT2D eigenvalue weighted by Crippen LogP contribution is 2.12. The molecule has 110 valence electrons. The van der Waals surface area contributed by atoms with Crippen LogP contribution in [0.4, 0.5) is 5.95 Å². The first kappa shape index (κ1) is 14.7. The van der Waals surface area contributed by atoms with Crippen LogP contribution in [0.25, 0.3) is 0 Å². The zero-order valence-corrected chi connectivity index (χ0v) is 11.6. The maximum atomic E-state index is 11.7. The van der Waals surface area contributed by atoms with Gasteiger partial charge in [0.25, 0.3) is 5.91 Å². The van der Waals surface area contributed by atoms with Gasteiger partial charge in [-0.2, -0.15) is 0 Å². The lowest BCUT2D eigenvalue weighted by Gasteiger charge is -2.10. The molecule has 2 heterocycles. The molecule has 0 radical (unpaired) electrons. The second-order valence-corrected chi connectivity index (χ2v) is 4.56. The summed E-state index contributed by atoms with van der Waals surface area (Å²) in [5, 5.41) is 5.82. The van der Waals surface area contributed by atoms with Crippen LogP contribution in [-0.4, -0.2) is 55.4 Å². The Morgan fingerprint density at radius 3 is 2.95 bits per heavy atom. The minimum absolute atomic E-state index is 0.201. The van der Waals surface area contributed by atoms with Crippen molar-refractivity contribution in [3.05, 3.63) is 18.0 Å². The summed E-state index contributed by atoms with van der Waals surface area (Å²) < 4.78 is 10.4. The number of methoxy groups -OCH3 is 1. The standard InChI is InChI=1S/C13H20N4O3/c1-19-6-4-14-12(18)10-7-15-13(16-8-10)17-9-11-3-2-5-20-11/h7-8,11H,2-6,9H2,1H3,(H,14,18)(H,15,16,17). The summed E-state index contributed by atoms with van der Waals surface area (Å²) in [6.07, 6.45) is 5.41. The second-order valence-electron chi connectivity index (χ2n) is 4.56. The van der Waals surface area contributed by atoms with Gasteiger partial charge in [-0.1, -0.05) is 0 Å². The zero-order valence-electron chi connectivity index (χ0n) is 11.6. The number of anilines is 1. The number of carbonyl (C=O) groups excluding carboxylic acids is 1. The predicted octanol–water partition coefficient (Wildman–Crippen LogP) is 0.444. The van der Waals surface area contributed by atoms with Crippen molar-refractivity contribution in [2.45, 2.75) is 18.9 Å². The van der Waals surface area contributed by atoms with Crippen molar-refractivity contribution in [3.8, 4) is 0 Å². The van der Waals surface area contributed by atoms with E-state index in [-0.39, 0.29) is 12.0 Å². The number of ether oxygens (including phenoxy) is 2. The van der Waals surface area contributed by atoms with E-state index in [4.69, 9.17) is 9.47 Å². The van der Waals surface area contributed by atoms with E-state index in [2.05, 4.69) is 20.6 Å². The summed E-state index contributed by atoms with van der Waals surface area (Å²) >= 11 is 0. The lowest BCUT2D eigenvalue weighted by molar-refractivity contribution is 0.0936. The largest absolute Gasteiger partial charge is 0.383 e. The third-order valence-corrected chi connectivity index (χ3v) is 3.02. The summed E-state index contributed by atoms with van der Waals surface area (Å²) in [6, 6.07) is 0. The van der Waals surface area contributed by atoms with E-state index in [1.54, 1.807) is 7.11 Å². The zero-order chi connectivity index (χ0) is 14.2. The topological polar surface area (TPSA) is 85.4 Å². The minimum atomic E-state index is -0.201. The highest BCUT2D eigenvalue weighted by molar-refractivity contribution is 5.93. The molecule has 0 aliphatic carbocycles. The summed E-state index contributed by atoms with van der Waals surface area (Å²) in [5.74, 6) is 0.307. The van der Waals surface area contributed by atoms with Crippen molar-refractivity contribution >= 4 is 11.9 Å². The van der Waals surface area contributed by atoms with Crippen LogP contribution in [0.15, 0.2) is 12.4 Å². The first-order valence-corrected chi connectivity index (χ1v) is 6.74. The van der Waals surface area contributed by atoms with E-state index in [9.17, 15) is 4.79 Å². The van der Waals surface area contributed by atoms with Crippen LogP contribution in [-0.2, 0) is 9.47 Å². The van der Waals surface area contributed by atoms with Crippen LogP contribution in [0.1, 0.15) is 23.2 Å². The average Bonchev–Trinajstić information content (AvgIpc) is 2.99. The number of hydrogen-bond donors (Lipinski definition) is 2. The number of carbonyl (C=O) groups is 1. The van der Waals surface area contributed by atoms with Crippen LogP contribution in [0.3, 0.4) is 0 Å². The number of nitrogens with one attached hydrogen (secondary N) is 2. The lowest BCUT2D eigenvalue weighted by Crippen LogP contribution is -2.27.